The molecule has 1 fully saturated rings. The molecule has 1 aromatic rings. The van der Waals surface area contributed by atoms with Crippen molar-refractivity contribution in [2.45, 2.75) is 26.0 Å². The molecule has 1 aromatic heterocycles. The van der Waals surface area contributed by atoms with Gasteiger partial charge in [0, 0.05) is 41.4 Å². The number of hydrogen-bond donors (Lipinski definition) is 1. The molecule has 4 nitrogen and oxygen atoms in total. The van der Waals surface area contributed by atoms with Gasteiger partial charge in [-0.05, 0) is 42.9 Å². The Morgan fingerprint density at radius 2 is 2.17 bits per heavy atom. The summed E-state index contributed by atoms with van der Waals surface area (Å²) in [6.45, 7) is 7.37. The normalized spacial score (nSPS) is 20.2. The molecule has 5 heteroatoms. The van der Waals surface area contributed by atoms with Gasteiger partial charge >= 0.3 is 0 Å². The van der Waals surface area contributed by atoms with E-state index < -0.39 is 0 Å². The number of rotatable bonds is 2. The highest BCUT2D eigenvalue weighted by Crippen LogP contribution is 2.27. The van der Waals surface area contributed by atoms with Crippen LogP contribution in [0, 0.1) is 0 Å². The van der Waals surface area contributed by atoms with Crippen LogP contribution in [0.15, 0.2) is 16.7 Å². The Morgan fingerprint density at radius 1 is 1.44 bits per heavy atom. The Labute approximate surface area is 117 Å². The van der Waals surface area contributed by atoms with Gasteiger partial charge in [0.25, 0.3) is 0 Å². The Morgan fingerprint density at radius 3 is 2.78 bits per heavy atom. The fourth-order valence-electron chi connectivity index (χ4n) is 2.30. The topological polar surface area (TPSA) is 39.6 Å². The van der Waals surface area contributed by atoms with E-state index in [4.69, 9.17) is 0 Å². The molecule has 0 radical (unpaired) electrons. The maximum Gasteiger partial charge on any atom is 0.134 e. The van der Waals surface area contributed by atoms with Crippen molar-refractivity contribution in [2.75, 3.05) is 31.6 Å². The molecule has 0 unspecified atom stereocenters. The van der Waals surface area contributed by atoms with Gasteiger partial charge in [0.05, 0.1) is 6.61 Å². The number of hydrogen-bond acceptors (Lipinski definition) is 4. The first-order valence-corrected chi connectivity index (χ1v) is 6.95. The first kappa shape index (κ1) is 13.8. The largest absolute Gasteiger partial charge is 0.392 e. The summed E-state index contributed by atoms with van der Waals surface area (Å²) < 4.78 is 0.906. The van der Waals surface area contributed by atoms with Gasteiger partial charge in [-0.2, -0.15) is 0 Å². The SMILES string of the molecule is CN1CCN(c2ncc(Br)cc2CO)CC1(C)C. The number of aliphatic hydroxyl groups is 1. The third-order valence-electron chi connectivity index (χ3n) is 3.70. The molecule has 1 N–H and O–H groups in total. The molecule has 2 rings (SSSR count). The highest BCUT2D eigenvalue weighted by molar-refractivity contribution is 9.10. The van der Waals surface area contributed by atoms with Crippen molar-refractivity contribution >= 4 is 21.7 Å². The molecule has 100 valence electrons. The molecule has 0 aliphatic carbocycles. The standard InChI is InChI=1S/C13H20BrN3O/c1-13(2)9-17(5-4-16(13)3)12-10(8-18)6-11(14)7-15-12/h6-7,18H,4-5,8-9H2,1-3H3. The molecular weight excluding hydrogens is 294 g/mol. The summed E-state index contributed by atoms with van der Waals surface area (Å²) in [4.78, 5) is 9.09. The highest BCUT2D eigenvalue weighted by atomic mass is 79.9. The molecular formula is C13H20BrN3O. The van der Waals surface area contributed by atoms with Crippen LogP contribution in [0.2, 0.25) is 0 Å². The van der Waals surface area contributed by atoms with Gasteiger partial charge in [0.2, 0.25) is 0 Å². The minimum atomic E-state index is 0.0224. The minimum Gasteiger partial charge on any atom is -0.392 e. The maximum atomic E-state index is 9.46. The zero-order valence-electron chi connectivity index (χ0n) is 11.1. The molecule has 18 heavy (non-hydrogen) atoms. The third kappa shape index (κ3) is 2.68. The molecule has 0 aromatic carbocycles. The summed E-state index contributed by atoms with van der Waals surface area (Å²) >= 11 is 3.39. The fraction of sp³-hybridized carbons (Fsp3) is 0.615. The second-order valence-electron chi connectivity index (χ2n) is 5.45. The molecule has 0 spiro atoms. The van der Waals surface area contributed by atoms with Crippen LogP contribution < -0.4 is 4.90 Å². The van der Waals surface area contributed by atoms with Gasteiger partial charge in [-0.3, -0.25) is 4.90 Å². The molecule has 1 aliphatic heterocycles. The molecule has 0 atom stereocenters. The molecule has 1 aliphatic rings. The van der Waals surface area contributed by atoms with Crippen LogP contribution in [0.3, 0.4) is 0 Å². The van der Waals surface area contributed by atoms with E-state index in [1.54, 1.807) is 6.20 Å². The van der Waals surface area contributed by atoms with Crippen LogP contribution in [0.25, 0.3) is 0 Å². The third-order valence-corrected chi connectivity index (χ3v) is 4.13. The average molecular weight is 314 g/mol. The summed E-state index contributed by atoms with van der Waals surface area (Å²) in [5.74, 6) is 0.905. The molecule has 0 bridgehead atoms. The Hall–Kier alpha value is -0.650. The van der Waals surface area contributed by atoms with Crippen molar-refractivity contribution in [3.63, 3.8) is 0 Å². The predicted octanol–water partition coefficient (Wildman–Crippen LogP) is 1.87. The summed E-state index contributed by atoms with van der Waals surface area (Å²) in [5, 5.41) is 9.46. The van der Waals surface area contributed by atoms with Gasteiger partial charge in [-0.15, -0.1) is 0 Å². The van der Waals surface area contributed by atoms with Crippen molar-refractivity contribution in [3.05, 3.63) is 22.3 Å². The Bertz CT molecular complexity index is 436. The lowest BCUT2D eigenvalue weighted by Crippen LogP contribution is -2.58. The zero-order chi connectivity index (χ0) is 13.3. The quantitative estimate of drug-likeness (QED) is 0.905. The van der Waals surface area contributed by atoms with E-state index in [1.165, 1.54) is 0 Å². The molecule has 2 heterocycles. The fourth-order valence-corrected chi connectivity index (χ4v) is 2.67. The first-order chi connectivity index (χ1) is 8.44. The first-order valence-electron chi connectivity index (χ1n) is 6.15. The van der Waals surface area contributed by atoms with Crippen LogP contribution in [0.5, 0.6) is 0 Å². The summed E-state index contributed by atoms with van der Waals surface area (Å²) in [6, 6.07) is 1.94. The van der Waals surface area contributed by atoms with Crippen LogP contribution in [-0.2, 0) is 6.61 Å². The van der Waals surface area contributed by atoms with Gasteiger partial charge in [0.1, 0.15) is 5.82 Å². The monoisotopic (exact) mass is 313 g/mol. The average Bonchev–Trinajstić information content (AvgIpc) is 2.32. The smallest absolute Gasteiger partial charge is 0.134 e. The maximum absolute atomic E-state index is 9.46. The van der Waals surface area contributed by atoms with Crippen molar-refractivity contribution in [1.82, 2.24) is 9.88 Å². The second-order valence-corrected chi connectivity index (χ2v) is 6.37. The molecule has 1 saturated heterocycles. The Kier molecular flexibility index (Phi) is 3.94. The van der Waals surface area contributed by atoms with Crippen molar-refractivity contribution in [3.8, 4) is 0 Å². The van der Waals surface area contributed by atoms with Crippen LogP contribution >= 0.6 is 15.9 Å². The van der Waals surface area contributed by atoms with E-state index in [0.29, 0.717) is 0 Å². The van der Waals surface area contributed by atoms with E-state index in [0.717, 1.165) is 35.5 Å². The second kappa shape index (κ2) is 5.15. The minimum absolute atomic E-state index is 0.0224. The number of halogens is 1. The van der Waals surface area contributed by atoms with Crippen LogP contribution in [-0.4, -0.2) is 47.2 Å². The number of pyridine rings is 1. The van der Waals surface area contributed by atoms with Crippen LogP contribution in [0.1, 0.15) is 19.4 Å². The van der Waals surface area contributed by atoms with E-state index >= 15 is 0 Å². The number of piperazine rings is 1. The zero-order valence-corrected chi connectivity index (χ0v) is 12.7. The van der Waals surface area contributed by atoms with Crippen LogP contribution in [0.4, 0.5) is 5.82 Å². The molecule has 0 amide bonds. The van der Waals surface area contributed by atoms with Gasteiger partial charge < -0.3 is 10.0 Å². The summed E-state index contributed by atoms with van der Waals surface area (Å²) in [5.41, 5.74) is 1.00. The van der Waals surface area contributed by atoms with E-state index in [-0.39, 0.29) is 12.1 Å². The Balaban J connectivity index is 2.27. The number of aromatic nitrogens is 1. The number of anilines is 1. The predicted molar refractivity (Wildman–Crippen MR) is 76.8 cm³/mol. The van der Waals surface area contributed by atoms with Crippen molar-refractivity contribution in [2.24, 2.45) is 0 Å². The number of nitrogens with zero attached hydrogens (tertiary/aromatic N) is 3. The highest BCUT2D eigenvalue weighted by Gasteiger charge is 2.32. The van der Waals surface area contributed by atoms with E-state index in [2.05, 4.69) is 51.6 Å². The summed E-state index contributed by atoms with van der Waals surface area (Å²) in [7, 11) is 2.15. The van der Waals surface area contributed by atoms with Crippen molar-refractivity contribution < 1.29 is 5.11 Å². The summed E-state index contributed by atoms with van der Waals surface area (Å²) in [6.07, 6.45) is 1.79. The van der Waals surface area contributed by atoms with Crippen molar-refractivity contribution in [1.29, 1.82) is 0 Å². The van der Waals surface area contributed by atoms with Gasteiger partial charge in [-0.1, -0.05) is 0 Å². The lowest BCUT2D eigenvalue weighted by molar-refractivity contribution is 0.138. The van der Waals surface area contributed by atoms with Gasteiger partial charge in [0.15, 0.2) is 0 Å². The lowest BCUT2D eigenvalue weighted by atomic mass is 9.99. The van der Waals surface area contributed by atoms with Gasteiger partial charge in [-0.25, -0.2) is 4.98 Å². The molecule has 0 saturated carbocycles. The lowest BCUT2D eigenvalue weighted by Gasteiger charge is -2.46. The van der Waals surface area contributed by atoms with E-state index in [1.807, 2.05) is 6.07 Å². The number of aliphatic hydroxyl groups excluding tert-OH is 1. The van der Waals surface area contributed by atoms with E-state index in [9.17, 15) is 5.11 Å². The number of likely N-dealkylation sites (N-methyl/N-ethyl adjacent to an activating group) is 1.